The van der Waals surface area contributed by atoms with Crippen LogP contribution in [-0.4, -0.2) is 263 Å². The smallest absolute Gasteiger partial charge is 0.217 e. The molecule has 5 fully saturated rings. The van der Waals surface area contributed by atoms with Crippen molar-refractivity contribution in [1.82, 2.24) is 10.6 Å². The number of carbonyl (C=O) groups excluding carboxylic acids is 2. The number of nitrogens with one attached hydrogen (secondary N) is 2. The average molecular weight is 895 g/mol. The highest BCUT2D eigenvalue weighted by Gasteiger charge is 2.57. The first kappa shape index (κ1) is 50.0. The predicted octanol–water partition coefficient (Wildman–Crippen LogP) is -10.6. The Morgan fingerprint density at radius 2 is 0.934 bits per heavy atom. The van der Waals surface area contributed by atoms with Crippen LogP contribution in [0.2, 0.25) is 0 Å². The summed E-state index contributed by atoms with van der Waals surface area (Å²) in [5.41, 5.74) is 0. The summed E-state index contributed by atoms with van der Waals surface area (Å²) < 4.78 is 51.4. The van der Waals surface area contributed by atoms with Crippen LogP contribution in [-0.2, 0) is 52.2 Å². The summed E-state index contributed by atoms with van der Waals surface area (Å²) in [6, 6.07) is -3.22. The summed E-state index contributed by atoms with van der Waals surface area (Å²) in [5, 5.41) is 154. The molecule has 16 N–H and O–H groups in total. The van der Waals surface area contributed by atoms with E-state index in [1.807, 2.05) is 0 Å². The zero-order chi connectivity index (χ0) is 45.2. The zero-order valence-electron chi connectivity index (χ0n) is 33.0. The molecule has 5 heterocycles. The summed E-state index contributed by atoms with van der Waals surface area (Å²) in [6.45, 7) is -0.0430. The van der Waals surface area contributed by atoms with E-state index in [-0.39, 0.29) is 0 Å². The monoisotopic (exact) mass is 894 g/mol. The third-order valence-electron chi connectivity index (χ3n) is 11.1. The van der Waals surface area contributed by atoms with E-state index >= 15 is 0 Å². The minimum atomic E-state index is -2.20. The molecule has 0 aromatic rings. The lowest BCUT2D eigenvalue weighted by Crippen LogP contribution is -2.70. The maximum absolute atomic E-state index is 12.2. The van der Waals surface area contributed by atoms with Crippen molar-refractivity contribution in [2.45, 2.75) is 174 Å². The van der Waals surface area contributed by atoms with Crippen molar-refractivity contribution >= 4 is 11.8 Å². The lowest BCUT2D eigenvalue weighted by Gasteiger charge is -2.51. The molecule has 0 saturated carbocycles. The molecule has 0 radical (unpaired) electrons. The van der Waals surface area contributed by atoms with E-state index in [4.69, 9.17) is 42.6 Å². The van der Waals surface area contributed by atoms with Crippen molar-refractivity contribution in [2.24, 2.45) is 0 Å². The average Bonchev–Trinajstić information content (AvgIpc) is 3.22. The number of rotatable bonds is 14. The molecule has 0 bridgehead atoms. The predicted molar refractivity (Wildman–Crippen MR) is 188 cm³/mol. The second kappa shape index (κ2) is 21.3. The molecule has 2 amide bonds. The molecule has 5 aliphatic heterocycles. The minimum absolute atomic E-state index is 0.716. The summed E-state index contributed by atoms with van der Waals surface area (Å²) in [4.78, 5) is 24.3. The van der Waals surface area contributed by atoms with Gasteiger partial charge < -0.3 is 125 Å². The van der Waals surface area contributed by atoms with Crippen LogP contribution in [0.25, 0.3) is 0 Å². The molecule has 0 aromatic heterocycles. The molecule has 0 spiro atoms. The SMILES string of the molecule is CC(=O)N[C@@H]1[C@@H](O[C@H]2O[C@H](CO)[C@H](O[C@H]3O[C@H](CO[C@@H]4O[C@@H](C)[C@H](O)[C@@H](O)[C@H]4O)[C@@H](O)[C@H](O)[C@H]3O)[C@H](O[C@@H]3O[C@H](CO)[C@@H](O)[C@H](O)[C@H]3NC(C)=O)[C@H]2O)[C@H](O)[C@@H](CO)O[C@@H]1O. The van der Waals surface area contributed by atoms with E-state index in [1.165, 1.54) is 6.92 Å². The van der Waals surface area contributed by atoms with Gasteiger partial charge in [-0.3, -0.25) is 9.59 Å². The van der Waals surface area contributed by atoms with Crippen LogP contribution in [0.3, 0.4) is 0 Å². The zero-order valence-corrected chi connectivity index (χ0v) is 33.0. The number of hydrogen-bond donors (Lipinski definition) is 16. The fourth-order valence-electron chi connectivity index (χ4n) is 7.67. The fourth-order valence-corrected chi connectivity index (χ4v) is 7.67. The van der Waals surface area contributed by atoms with Crippen molar-refractivity contribution < 1.29 is 124 Å². The number of aliphatic hydroxyl groups is 14. The maximum Gasteiger partial charge on any atom is 0.217 e. The van der Waals surface area contributed by atoms with Gasteiger partial charge in [0.2, 0.25) is 11.8 Å². The number of ether oxygens (including phenoxy) is 9. The van der Waals surface area contributed by atoms with E-state index in [0.29, 0.717) is 0 Å². The van der Waals surface area contributed by atoms with Gasteiger partial charge in [-0.15, -0.1) is 0 Å². The summed E-state index contributed by atoms with van der Waals surface area (Å²) in [7, 11) is 0. The first-order valence-electron chi connectivity index (χ1n) is 19.4. The van der Waals surface area contributed by atoms with Gasteiger partial charge in [-0.05, 0) is 6.92 Å². The number of aliphatic hydroxyl groups excluding tert-OH is 14. The molecule has 354 valence electrons. The van der Waals surface area contributed by atoms with Crippen LogP contribution in [0.5, 0.6) is 0 Å². The van der Waals surface area contributed by atoms with E-state index in [9.17, 15) is 81.1 Å². The quantitative estimate of drug-likeness (QED) is 0.0770. The second-order valence-electron chi connectivity index (χ2n) is 15.4. The van der Waals surface area contributed by atoms with Gasteiger partial charge in [-0.2, -0.15) is 0 Å². The van der Waals surface area contributed by atoms with Crippen molar-refractivity contribution in [2.75, 3.05) is 26.4 Å². The Kier molecular flexibility index (Phi) is 17.5. The molecule has 5 aliphatic rings. The first-order chi connectivity index (χ1) is 28.7. The molecular formula is C34H58N2O25. The first-order valence-corrected chi connectivity index (χ1v) is 19.4. The minimum Gasteiger partial charge on any atom is -0.394 e. The number of carbonyl (C=O) groups is 2. The highest BCUT2D eigenvalue weighted by atomic mass is 16.8. The van der Waals surface area contributed by atoms with Crippen molar-refractivity contribution in [3.63, 3.8) is 0 Å². The molecular weight excluding hydrogens is 836 g/mol. The topological polar surface area (TPSA) is 424 Å². The fraction of sp³-hybridized carbons (Fsp3) is 0.941. The molecule has 61 heavy (non-hydrogen) atoms. The van der Waals surface area contributed by atoms with Crippen molar-refractivity contribution in [1.29, 1.82) is 0 Å². The Bertz CT molecular complexity index is 1420. The Balaban J connectivity index is 1.46. The Morgan fingerprint density at radius 3 is 1.54 bits per heavy atom. The molecule has 27 nitrogen and oxygen atoms in total. The second-order valence-corrected chi connectivity index (χ2v) is 15.4. The van der Waals surface area contributed by atoms with Gasteiger partial charge in [0.05, 0.1) is 32.5 Å². The Hall–Kier alpha value is -1.98. The van der Waals surface area contributed by atoms with Crippen LogP contribution >= 0.6 is 0 Å². The van der Waals surface area contributed by atoms with E-state index in [2.05, 4.69) is 10.6 Å². The molecule has 25 atom stereocenters. The van der Waals surface area contributed by atoms with Crippen molar-refractivity contribution in [3.05, 3.63) is 0 Å². The van der Waals surface area contributed by atoms with E-state index in [0.717, 1.165) is 13.8 Å². The van der Waals surface area contributed by atoms with Gasteiger partial charge in [0, 0.05) is 13.8 Å². The lowest BCUT2D eigenvalue weighted by molar-refractivity contribution is -0.392. The molecule has 0 aliphatic carbocycles. The maximum atomic E-state index is 12.2. The third kappa shape index (κ3) is 10.9. The van der Waals surface area contributed by atoms with Gasteiger partial charge in [-0.1, -0.05) is 0 Å². The largest absolute Gasteiger partial charge is 0.394 e. The molecule has 0 aromatic carbocycles. The van der Waals surface area contributed by atoms with Gasteiger partial charge in [-0.25, -0.2) is 0 Å². The highest BCUT2D eigenvalue weighted by molar-refractivity contribution is 5.73. The molecule has 27 heteroatoms. The third-order valence-corrected chi connectivity index (χ3v) is 11.1. The van der Waals surface area contributed by atoms with Gasteiger partial charge in [0.15, 0.2) is 31.5 Å². The van der Waals surface area contributed by atoms with E-state index < -0.39 is 192 Å². The van der Waals surface area contributed by atoms with Crippen molar-refractivity contribution in [3.8, 4) is 0 Å². The summed E-state index contributed by atoms with van der Waals surface area (Å²) >= 11 is 0. The number of hydrogen-bond acceptors (Lipinski definition) is 25. The van der Waals surface area contributed by atoms with Crippen LogP contribution in [0.1, 0.15) is 20.8 Å². The standard InChI is InChI=1S/C34H58N2O25/c1-8-17(42)22(47)24(49)32(54-8)53-7-14-19(44)23(48)25(50)33(58-14)59-27-13(6-39)57-34(60-28-16(36-10(3)41)30(52)55-12(5-38)20(28)45)26(51)29(27)61-31-15(35-9(2)40)21(46)18(43)11(4-37)56-31/h8,11-34,37-39,42-52H,4-7H2,1-3H3,(H,35,40)(H,36,41)/t8-,11+,12+,13+,14+,15+,16+,17-,18+,19+,20+,21+,22+,23-,24+,25+,26+,27-,28+,29+,30-,31-,32+,33+,34+/m0/s1. The van der Waals surface area contributed by atoms with Crippen LogP contribution < -0.4 is 10.6 Å². The van der Waals surface area contributed by atoms with Gasteiger partial charge in [0.25, 0.3) is 0 Å². The van der Waals surface area contributed by atoms with Gasteiger partial charge in [0.1, 0.15) is 116 Å². The van der Waals surface area contributed by atoms with E-state index in [1.54, 1.807) is 0 Å². The molecule has 5 saturated heterocycles. The van der Waals surface area contributed by atoms with Crippen LogP contribution in [0.4, 0.5) is 0 Å². The van der Waals surface area contributed by atoms with Gasteiger partial charge >= 0.3 is 0 Å². The Morgan fingerprint density at radius 1 is 0.459 bits per heavy atom. The normalized spacial score (nSPS) is 49.6. The lowest BCUT2D eigenvalue weighted by atomic mass is 9.94. The summed E-state index contributed by atoms with van der Waals surface area (Å²) in [6.07, 6.45) is -41.3. The Labute approximate surface area is 346 Å². The summed E-state index contributed by atoms with van der Waals surface area (Å²) in [5.74, 6) is -1.51. The molecule has 0 unspecified atom stereocenters. The van der Waals surface area contributed by atoms with Crippen LogP contribution in [0, 0.1) is 0 Å². The highest BCUT2D eigenvalue weighted by Crippen LogP contribution is 2.36. The van der Waals surface area contributed by atoms with Crippen LogP contribution in [0.15, 0.2) is 0 Å². The molecule has 5 rings (SSSR count). The number of amides is 2.